The van der Waals surface area contributed by atoms with Gasteiger partial charge in [-0.1, -0.05) is 17.7 Å². The summed E-state index contributed by atoms with van der Waals surface area (Å²) in [5.41, 5.74) is 1.93. The van der Waals surface area contributed by atoms with E-state index in [1.165, 1.54) is 33.3 Å². The quantitative estimate of drug-likeness (QED) is 0.731. The minimum absolute atomic E-state index is 0.0318. The zero-order valence-corrected chi connectivity index (χ0v) is 17.1. The molecule has 2 rings (SSSR count). The highest BCUT2D eigenvalue weighted by atomic mass is 35.5. The van der Waals surface area contributed by atoms with Crippen LogP contribution in [0.25, 0.3) is 0 Å². The number of nitrogens with one attached hydrogen (secondary N) is 2. The normalized spacial score (nSPS) is 11.3. The van der Waals surface area contributed by atoms with Crippen molar-refractivity contribution in [2.24, 2.45) is 0 Å². The van der Waals surface area contributed by atoms with E-state index >= 15 is 0 Å². The van der Waals surface area contributed by atoms with Gasteiger partial charge in [-0.25, -0.2) is 12.7 Å². The summed E-state index contributed by atoms with van der Waals surface area (Å²) >= 11 is 6.04. The molecule has 0 heterocycles. The Kier molecular flexibility index (Phi) is 6.69. The Hall–Kier alpha value is -2.29. The fourth-order valence-corrected chi connectivity index (χ4v) is 3.47. The van der Waals surface area contributed by atoms with Gasteiger partial charge in [0.15, 0.2) is 0 Å². The van der Waals surface area contributed by atoms with E-state index in [-0.39, 0.29) is 17.3 Å². The van der Waals surface area contributed by atoms with Gasteiger partial charge in [0.25, 0.3) is 0 Å². The zero-order valence-electron chi connectivity index (χ0n) is 15.5. The highest BCUT2D eigenvalue weighted by Gasteiger charge is 2.18. The van der Waals surface area contributed by atoms with E-state index in [1.54, 1.807) is 24.3 Å². The molecule has 0 aliphatic rings. The summed E-state index contributed by atoms with van der Waals surface area (Å²) in [6.07, 6.45) is 0. The fraction of sp³-hybridized carbons (Fsp3) is 0.278. The molecule has 2 N–H and O–H groups in total. The number of hydrogen-bond acceptors (Lipinski definition) is 5. The SMILES string of the molecule is COc1ccc(NC(=O)CNc2cc(S(=O)(=O)N(C)C)ccc2C)cc1Cl. The molecule has 1 amide bonds. The number of aryl methyl sites for hydroxylation is 1. The van der Waals surface area contributed by atoms with Gasteiger partial charge in [0.05, 0.1) is 23.6 Å². The lowest BCUT2D eigenvalue weighted by Crippen LogP contribution is -2.24. The number of benzene rings is 2. The molecule has 0 bridgehead atoms. The Bertz CT molecular complexity index is 946. The maximum absolute atomic E-state index is 12.3. The monoisotopic (exact) mass is 411 g/mol. The van der Waals surface area contributed by atoms with Crippen LogP contribution >= 0.6 is 11.6 Å². The first-order valence-electron chi connectivity index (χ1n) is 8.05. The number of amides is 1. The molecule has 0 saturated carbocycles. The molecule has 146 valence electrons. The Morgan fingerprint density at radius 1 is 1.19 bits per heavy atom. The van der Waals surface area contributed by atoms with Crippen LogP contribution in [0.1, 0.15) is 5.56 Å². The highest BCUT2D eigenvalue weighted by Crippen LogP contribution is 2.27. The van der Waals surface area contributed by atoms with Gasteiger partial charge in [0.1, 0.15) is 5.75 Å². The summed E-state index contributed by atoms with van der Waals surface area (Å²) in [6, 6.07) is 9.68. The smallest absolute Gasteiger partial charge is 0.243 e. The van der Waals surface area contributed by atoms with Crippen LogP contribution in [-0.4, -0.2) is 46.4 Å². The number of ether oxygens (including phenoxy) is 1. The third-order valence-corrected chi connectivity index (χ3v) is 5.97. The summed E-state index contributed by atoms with van der Waals surface area (Å²) in [5, 5.41) is 6.08. The van der Waals surface area contributed by atoms with Crippen LogP contribution in [0.15, 0.2) is 41.3 Å². The second-order valence-electron chi connectivity index (χ2n) is 6.02. The molecular formula is C18H22ClN3O4S. The summed E-state index contributed by atoms with van der Waals surface area (Å²) in [4.78, 5) is 12.3. The van der Waals surface area contributed by atoms with Gasteiger partial charge in [0, 0.05) is 25.5 Å². The minimum Gasteiger partial charge on any atom is -0.495 e. The van der Waals surface area contributed by atoms with Crippen LogP contribution in [0.5, 0.6) is 5.75 Å². The van der Waals surface area contributed by atoms with Crippen LogP contribution in [0.4, 0.5) is 11.4 Å². The van der Waals surface area contributed by atoms with Gasteiger partial charge in [-0.2, -0.15) is 0 Å². The molecule has 27 heavy (non-hydrogen) atoms. The Morgan fingerprint density at radius 3 is 2.48 bits per heavy atom. The Morgan fingerprint density at radius 2 is 1.89 bits per heavy atom. The third kappa shape index (κ3) is 5.12. The molecule has 0 saturated heterocycles. The van der Waals surface area contributed by atoms with E-state index in [1.807, 2.05) is 6.92 Å². The first-order valence-corrected chi connectivity index (χ1v) is 9.87. The van der Waals surface area contributed by atoms with Crippen molar-refractivity contribution in [2.75, 3.05) is 38.4 Å². The van der Waals surface area contributed by atoms with Crippen LogP contribution in [-0.2, 0) is 14.8 Å². The van der Waals surface area contributed by atoms with Crippen LogP contribution in [0, 0.1) is 6.92 Å². The van der Waals surface area contributed by atoms with Crippen molar-refractivity contribution in [3.8, 4) is 5.75 Å². The van der Waals surface area contributed by atoms with E-state index in [4.69, 9.17) is 16.3 Å². The average Bonchev–Trinajstić information content (AvgIpc) is 2.61. The molecule has 0 aliphatic carbocycles. The predicted octanol–water partition coefficient (Wildman–Crippen LogP) is 2.96. The second kappa shape index (κ2) is 8.60. The number of nitrogens with zero attached hydrogens (tertiary/aromatic N) is 1. The van der Waals surface area contributed by atoms with Crippen LogP contribution in [0.3, 0.4) is 0 Å². The van der Waals surface area contributed by atoms with Crippen molar-refractivity contribution >= 4 is 38.9 Å². The standard InChI is InChI=1S/C18H22ClN3O4S/c1-12-5-7-14(27(24,25)22(2)3)10-16(12)20-11-18(23)21-13-6-8-17(26-4)15(19)9-13/h5-10,20H,11H2,1-4H3,(H,21,23). The second-order valence-corrected chi connectivity index (χ2v) is 8.57. The molecule has 0 fully saturated rings. The largest absolute Gasteiger partial charge is 0.495 e. The number of anilines is 2. The lowest BCUT2D eigenvalue weighted by Gasteiger charge is -2.15. The first kappa shape index (κ1) is 21.0. The van der Waals surface area contributed by atoms with Crippen molar-refractivity contribution in [3.63, 3.8) is 0 Å². The number of rotatable bonds is 7. The lowest BCUT2D eigenvalue weighted by molar-refractivity contribution is -0.114. The average molecular weight is 412 g/mol. The summed E-state index contributed by atoms with van der Waals surface area (Å²) in [5.74, 6) is 0.221. The molecular weight excluding hydrogens is 390 g/mol. The topological polar surface area (TPSA) is 87.7 Å². The fourth-order valence-electron chi connectivity index (χ4n) is 2.29. The van der Waals surface area contributed by atoms with Crippen molar-refractivity contribution < 1.29 is 17.9 Å². The van der Waals surface area contributed by atoms with Crippen molar-refractivity contribution in [1.82, 2.24) is 4.31 Å². The molecule has 2 aromatic rings. The predicted molar refractivity (Wildman–Crippen MR) is 107 cm³/mol. The molecule has 0 aliphatic heterocycles. The Labute approximate surface area is 164 Å². The number of carbonyl (C=O) groups is 1. The van der Waals surface area contributed by atoms with Crippen molar-refractivity contribution in [1.29, 1.82) is 0 Å². The van der Waals surface area contributed by atoms with Crippen molar-refractivity contribution in [3.05, 3.63) is 47.0 Å². The first-order chi connectivity index (χ1) is 12.6. The van der Waals surface area contributed by atoms with E-state index in [2.05, 4.69) is 10.6 Å². The van der Waals surface area contributed by atoms with Gasteiger partial charge >= 0.3 is 0 Å². The van der Waals surface area contributed by atoms with Gasteiger partial charge in [0.2, 0.25) is 15.9 Å². The number of halogens is 1. The van der Waals surface area contributed by atoms with E-state index in [0.29, 0.717) is 22.1 Å². The lowest BCUT2D eigenvalue weighted by atomic mass is 10.2. The highest BCUT2D eigenvalue weighted by molar-refractivity contribution is 7.89. The molecule has 2 aromatic carbocycles. The van der Waals surface area contributed by atoms with Crippen LogP contribution in [0.2, 0.25) is 5.02 Å². The van der Waals surface area contributed by atoms with Crippen LogP contribution < -0.4 is 15.4 Å². The summed E-state index contributed by atoms with van der Waals surface area (Å²) in [6.45, 7) is 1.80. The van der Waals surface area contributed by atoms with E-state index in [0.717, 1.165) is 9.87 Å². The van der Waals surface area contributed by atoms with Gasteiger partial charge in [-0.15, -0.1) is 0 Å². The molecule has 0 spiro atoms. The maximum Gasteiger partial charge on any atom is 0.243 e. The number of carbonyl (C=O) groups excluding carboxylic acids is 1. The molecule has 0 atom stereocenters. The zero-order chi connectivity index (χ0) is 20.2. The van der Waals surface area contributed by atoms with Gasteiger partial charge in [-0.3, -0.25) is 4.79 Å². The van der Waals surface area contributed by atoms with E-state index < -0.39 is 10.0 Å². The molecule has 0 unspecified atom stereocenters. The summed E-state index contributed by atoms with van der Waals surface area (Å²) in [7, 11) is 0.898. The number of methoxy groups -OCH3 is 1. The van der Waals surface area contributed by atoms with Gasteiger partial charge < -0.3 is 15.4 Å². The number of hydrogen-bond donors (Lipinski definition) is 2. The molecule has 7 nitrogen and oxygen atoms in total. The molecule has 0 aromatic heterocycles. The third-order valence-electron chi connectivity index (χ3n) is 3.86. The minimum atomic E-state index is -3.55. The maximum atomic E-state index is 12.3. The number of sulfonamides is 1. The molecule has 9 heteroatoms. The van der Waals surface area contributed by atoms with Gasteiger partial charge in [-0.05, 0) is 42.8 Å². The molecule has 0 radical (unpaired) electrons. The Balaban J connectivity index is 2.08. The van der Waals surface area contributed by atoms with E-state index in [9.17, 15) is 13.2 Å². The van der Waals surface area contributed by atoms with Crippen molar-refractivity contribution in [2.45, 2.75) is 11.8 Å². The summed E-state index contributed by atoms with van der Waals surface area (Å²) < 4.78 is 30.7.